The molecular weight excluding hydrogens is 134 g/mol. The van der Waals surface area contributed by atoms with Gasteiger partial charge in [0.15, 0.2) is 0 Å². The average molecular weight is 153 g/mol. The summed E-state index contributed by atoms with van der Waals surface area (Å²) in [6.07, 6.45) is 6.01. The van der Waals surface area contributed by atoms with E-state index in [-0.39, 0.29) is 5.41 Å². The summed E-state index contributed by atoms with van der Waals surface area (Å²) in [5.41, 5.74) is 6.90. The lowest BCUT2D eigenvalue weighted by atomic mass is 9.91. The van der Waals surface area contributed by atoms with Gasteiger partial charge in [0.2, 0.25) is 0 Å². The number of nitrogens with two attached hydrogens (primary N) is 1. The van der Waals surface area contributed by atoms with Crippen LogP contribution in [0, 0.1) is 5.41 Å². The molecule has 64 valence electrons. The number of hydrogen-bond acceptors (Lipinski definition) is 1. The summed E-state index contributed by atoms with van der Waals surface area (Å²) in [5, 5.41) is 0. The van der Waals surface area contributed by atoms with Crippen LogP contribution in [0.1, 0.15) is 33.6 Å². The normalized spacial score (nSPS) is 13.2. The Balaban J connectivity index is 3.90. The summed E-state index contributed by atoms with van der Waals surface area (Å²) in [5.74, 6) is 0. The van der Waals surface area contributed by atoms with Crippen molar-refractivity contribution in [1.29, 1.82) is 0 Å². The van der Waals surface area contributed by atoms with E-state index in [0.717, 1.165) is 18.5 Å². The molecule has 11 heavy (non-hydrogen) atoms. The standard InChI is InChI=1S/C10H19N/c1-5-6-7-8-9(11)10(2,3)4/h5,8H,1,6-7,11H2,2-4H3/b9-8+. The van der Waals surface area contributed by atoms with Crippen molar-refractivity contribution < 1.29 is 0 Å². The Morgan fingerprint density at radius 3 is 2.27 bits per heavy atom. The van der Waals surface area contributed by atoms with Crippen molar-refractivity contribution in [2.24, 2.45) is 11.1 Å². The number of rotatable bonds is 3. The molecule has 1 nitrogen and oxygen atoms in total. The van der Waals surface area contributed by atoms with Gasteiger partial charge in [0.05, 0.1) is 0 Å². The van der Waals surface area contributed by atoms with Gasteiger partial charge in [-0.05, 0) is 12.8 Å². The van der Waals surface area contributed by atoms with Crippen LogP contribution in [0.4, 0.5) is 0 Å². The van der Waals surface area contributed by atoms with Crippen molar-refractivity contribution >= 4 is 0 Å². The molecule has 0 aromatic carbocycles. The molecule has 0 aromatic heterocycles. The van der Waals surface area contributed by atoms with Gasteiger partial charge in [-0.25, -0.2) is 0 Å². The van der Waals surface area contributed by atoms with E-state index in [2.05, 4.69) is 33.4 Å². The largest absolute Gasteiger partial charge is 0.402 e. The first-order chi connectivity index (χ1) is 4.98. The fourth-order valence-corrected chi connectivity index (χ4v) is 0.663. The lowest BCUT2D eigenvalue weighted by Crippen LogP contribution is -2.16. The molecule has 0 saturated heterocycles. The minimum atomic E-state index is 0.112. The predicted molar refractivity (Wildman–Crippen MR) is 51.2 cm³/mol. The Morgan fingerprint density at radius 1 is 1.36 bits per heavy atom. The number of allylic oxidation sites excluding steroid dienone is 3. The van der Waals surface area contributed by atoms with Crippen molar-refractivity contribution in [2.75, 3.05) is 0 Å². The fourth-order valence-electron chi connectivity index (χ4n) is 0.663. The summed E-state index contributed by atoms with van der Waals surface area (Å²) in [4.78, 5) is 0. The second kappa shape index (κ2) is 4.22. The molecular formula is C10H19N. The third-order valence-corrected chi connectivity index (χ3v) is 1.60. The van der Waals surface area contributed by atoms with Gasteiger partial charge >= 0.3 is 0 Å². The average Bonchev–Trinajstić information content (AvgIpc) is 1.86. The van der Waals surface area contributed by atoms with Gasteiger partial charge in [0.1, 0.15) is 0 Å². The van der Waals surface area contributed by atoms with E-state index in [1.54, 1.807) is 0 Å². The maximum absolute atomic E-state index is 5.82. The van der Waals surface area contributed by atoms with Crippen molar-refractivity contribution in [2.45, 2.75) is 33.6 Å². The van der Waals surface area contributed by atoms with Crippen molar-refractivity contribution in [1.82, 2.24) is 0 Å². The van der Waals surface area contributed by atoms with E-state index in [1.807, 2.05) is 6.08 Å². The molecule has 2 N–H and O–H groups in total. The van der Waals surface area contributed by atoms with Crippen LogP contribution in [-0.4, -0.2) is 0 Å². The van der Waals surface area contributed by atoms with Crippen molar-refractivity contribution in [3.63, 3.8) is 0 Å². The van der Waals surface area contributed by atoms with Gasteiger partial charge in [-0.1, -0.05) is 32.9 Å². The Morgan fingerprint density at radius 2 is 1.91 bits per heavy atom. The second-order valence-corrected chi connectivity index (χ2v) is 3.78. The third kappa shape index (κ3) is 4.65. The number of unbranched alkanes of at least 4 members (excludes halogenated alkanes) is 1. The molecule has 1 heteroatoms. The smallest absolute Gasteiger partial charge is 0.00946 e. The highest BCUT2D eigenvalue weighted by Crippen LogP contribution is 2.20. The molecule has 0 radical (unpaired) electrons. The quantitative estimate of drug-likeness (QED) is 0.489. The Bertz CT molecular complexity index is 149. The van der Waals surface area contributed by atoms with E-state index in [0.29, 0.717) is 0 Å². The molecule has 0 rings (SSSR count). The van der Waals surface area contributed by atoms with Crippen LogP contribution in [0.15, 0.2) is 24.4 Å². The zero-order valence-electron chi connectivity index (χ0n) is 7.85. The highest BCUT2D eigenvalue weighted by atomic mass is 14.6. The fraction of sp³-hybridized carbons (Fsp3) is 0.600. The van der Waals surface area contributed by atoms with Crippen LogP contribution in [0.3, 0.4) is 0 Å². The van der Waals surface area contributed by atoms with Crippen LogP contribution in [-0.2, 0) is 0 Å². The van der Waals surface area contributed by atoms with E-state index in [9.17, 15) is 0 Å². The molecule has 0 saturated carbocycles. The third-order valence-electron chi connectivity index (χ3n) is 1.60. The molecule has 0 amide bonds. The highest BCUT2D eigenvalue weighted by molar-refractivity contribution is 5.06. The van der Waals surface area contributed by atoms with E-state index in [1.165, 1.54) is 0 Å². The van der Waals surface area contributed by atoms with Crippen LogP contribution >= 0.6 is 0 Å². The van der Waals surface area contributed by atoms with Gasteiger partial charge in [-0.15, -0.1) is 6.58 Å². The van der Waals surface area contributed by atoms with E-state index < -0.39 is 0 Å². The van der Waals surface area contributed by atoms with Gasteiger partial charge in [-0.2, -0.15) is 0 Å². The molecule has 0 atom stereocenters. The molecule has 0 aromatic rings. The molecule has 0 aliphatic rings. The first-order valence-corrected chi connectivity index (χ1v) is 4.05. The van der Waals surface area contributed by atoms with Crippen molar-refractivity contribution in [3.05, 3.63) is 24.4 Å². The molecule has 0 aliphatic carbocycles. The topological polar surface area (TPSA) is 26.0 Å². The minimum Gasteiger partial charge on any atom is -0.402 e. The highest BCUT2D eigenvalue weighted by Gasteiger charge is 2.12. The minimum absolute atomic E-state index is 0.112. The lowest BCUT2D eigenvalue weighted by Gasteiger charge is -2.18. The zero-order chi connectivity index (χ0) is 8.91. The molecule has 0 bridgehead atoms. The Kier molecular flexibility index (Phi) is 3.94. The summed E-state index contributed by atoms with van der Waals surface area (Å²) in [7, 11) is 0. The Labute approximate surface area is 70.0 Å². The molecule has 0 heterocycles. The van der Waals surface area contributed by atoms with Crippen molar-refractivity contribution in [3.8, 4) is 0 Å². The molecule has 0 unspecified atom stereocenters. The maximum atomic E-state index is 5.82. The predicted octanol–water partition coefficient (Wildman–Crippen LogP) is 2.84. The van der Waals surface area contributed by atoms with Crippen LogP contribution in [0.2, 0.25) is 0 Å². The Hall–Kier alpha value is -0.720. The summed E-state index contributed by atoms with van der Waals surface area (Å²) in [6.45, 7) is 10.0. The van der Waals surface area contributed by atoms with Gasteiger partial charge in [-0.3, -0.25) is 0 Å². The van der Waals surface area contributed by atoms with E-state index in [4.69, 9.17) is 5.73 Å². The van der Waals surface area contributed by atoms with Crippen LogP contribution in [0.25, 0.3) is 0 Å². The van der Waals surface area contributed by atoms with Gasteiger partial charge < -0.3 is 5.73 Å². The first kappa shape index (κ1) is 10.3. The van der Waals surface area contributed by atoms with Gasteiger partial charge in [0, 0.05) is 11.1 Å². The summed E-state index contributed by atoms with van der Waals surface area (Å²) < 4.78 is 0. The van der Waals surface area contributed by atoms with Gasteiger partial charge in [0.25, 0.3) is 0 Å². The molecule has 0 aliphatic heterocycles. The van der Waals surface area contributed by atoms with Crippen LogP contribution < -0.4 is 5.73 Å². The molecule has 0 spiro atoms. The maximum Gasteiger partial charge on any atom is 0.00946 e. The SMILES string of the molecule is C=CCC/C=C(/N)C(C)(C)C. The monoisotopic (exact) mass is 153 g/mol. The zero-order valence-corrected chi connectivity index (χ0v) is 7.85. The molecule has 0 fully saturated rings. The number of hydrogen-bond donors (Lipinski definition) is 1. The summed E-state index contributed by atoms with van der Waals surface area (Å²) >= 11 is 0. The lowest BCUT2D eigenvalue weighted by molar-refractivity contribution is 0.495. The second-order valence-electron chi connectivity index (χ2n) is 3.78. The first-order valence-electron chi connectivity index (χ1n) is 4.05. The van der Waals surface area contributed by atoms with E-state index >= 15 is 0 Å². The van der Waals surface area contributed by atoms with Crippen LogP contribution in [0.5, 0.6) is 0 Å². The summed E-state index contributed by atoms with van der Waals surface area (Å²) in [6, 6.07) is 0.